The van der Waals surface area contributed by atoms with Crippen molar-refractivity contribution >= 4 is 0 Å². The number of ether oxygens (including phenoxy) is 1. The summed E-state index contributed by atoms with van der Waals surface area (Å²) < 4.78 is 121. The van der Waals surface area contributed by atoms with Crippen LogP contribution in [0.25, 0.3) is 33.4 Å². The van der Waals surface area contributed by atoms with Gasteiger partial charge in [-0.05, 0) is 83.1 Å². The molecule has 0 saturated heterocycles. The first-order chi connectivity index (χ1) is 22.5. The summed E-state index contributed by atoms with van der Waals surface area (Å²) >= 11 is 0. The minimum absolute atomic E-state index is 0.0749. The van der Waals surface area contributed by atoms with Gasteiger partial charge in [-0.3, -0.25) is 0 Å². The molecule has 0 aliphatic carbocycles. The van der Waals surface area contributed by atoms with Gasteiger partial charge in [-0.2, -0.15) is 8.78 Å². The molecule has 0 aliphatic heterocycles. The highest BCUT2D eigenvalue weighted by atomic mass is 19.3. The summed E-state index contributed by atoms with van der Waals surface area (Å²) in [5.74, 6) is -8.55. The Morgan fingerprint density at radius 1 is 0.489 bits per heavy atom. The molecule has 244 valence electrons. The molecule has 0 fully saturated rings. The summed E-state index contributed by atoms with van der Waals surface area (Å²) in [6, 6.07) is 17.9. The van der Waals surface area contributed by atoms with Gasteiger partial charge in [-0.15, -0.1) is 0 Å². The second kappa shape index (κ2) is 14.4. The van der Waals surface area contributed by atoms with Crippen molar-refractivity contribution in [2.45, 2.75) is 51.6 Å². The SMILES string of the molecule is CCCCCCCc1ccc(-c2ccc(-c3cc(F)c(C(F)(F)Oc4ccc(-c5ccc(F)c(F)c5)c(F)c4)c(F)c3)c(F)c2)cc1. The molecule has 0 aliphatic rings. The molecule has 0 unspecified atom stereocenters. The predicted molar refractivity (Wildman–Crippen MR) is 166 cm³/mol. The number of hydrogen-bond acceptors (Lipinski definition) is 1. The van der Waals surface area contributed by atoms with Gasteiger partial charge in [-0.25, -0.2) is 26.3 Å². The van der Waals surface area contributed by atoms with Crippen LogP contribution in [0.2, 0.25) is 0 Å². The Morgan fingerprint density at radius 2 is 1.04 bits per heavy atom. The Morgan fingerprint density at radius 3 is 1.68 bits per heavy atom. The minimum Gasteiger partial charge on any atom is -0.429 e. The van der Waals surface area contributed by atoms with E-state index in [0.717, 1.165) is 60.7 Å². The molecular weight excluding hydrogens is 624 g/mol. The molecule has 0 spiro atoms. The van der Waals surface area contributed by atoms with Gasteiger partial charge < -0.3 is 4.74 Å². The van der Waals surface area contributed by atoms with Gasteiger partial charge in [0.15, 0.2) is 11.6 Å². The summed E-state index contributed by atoms with van der Waals surface area (Å²) in [4.78, 5) is 0. The van der Waals surface area contributed by atoms with Gasteiger partial charge in [0.05, 0.1) is 0 Å². The van der Waals surface area contributed by atoms with Crippen LogP contribution in [-0.4, -0.2) is 0 Å². The van der Waals surface area contributed by atoms with E-state index in [1.165, 1.54) is 31.4 Å². The smallest absolute Gasteiger partial charge is 0.429 e. The van der Waals surface area contributed by atoms with E-state index in [1.54, 1.807) is 6.07 Å². The van der Waals surface area contributed by atoms with E-state index in [-0.39, 0.29) is 22.3 Å². The summed E-state index contributed by atoms with van der Waals surface area (Å²) in [6.07, 6.45) is 2.18. The Bertz CT molecular complexity index is 1840. The fraction of sp³-hybridized carbons (Fsp3) is 0.211. The van der Waals surface area contributed by atoms with Crippen LogP contribution in [0, 0.1) is 34.9 Å². The highest BCUT2D eigenvalue weighted by Gasteiger charge is 2.41. The van der Waals surface area contributed by atoms with Crippen LogP contribution in [0.1, 0.15) is 50.2 Å². The van der Waals surface area contributed by atoms with Crippen LogP contribution in [0.4, 0.5) is 35.1 Å². The van der Waals surface area contributed by atoms with Crippen molar-refractivity contribution < 1.29 is 39.9 Å². The topological polar surface area (TPSA) is 9.23 Å². The van der Waals surface area contributed by atoms with Crippen LogP contribution >= 0.6 is 0 Å². The van der Waals surface area contributed by atoms with Crippen molar-refractivity contribution in [3.05, 3.63) is 137 Å². The monoisotopic (exact) mass is 654 g/mol. The van der Waals surface area contributed by atoms with E-state index in [0.29, 0.717) is 23.8 Å². The lowest BCUT2D eigenvalue weighted by Gasteiger charge is -2.20. The highest BCUT2D eigenvalue weighted by molar-refractivity contribution is 5.71. The minimum atomic E-state index is -4.60. The molecule has 0 radical (unpaired) electrons. The average Bonchev–Trinajstić information content (AvgIpc) is 3.02. The van der Waals surface area contributed by atoms with Crippen molar-refractivity contribution in [1.82, 2.24) is 0 Å². The van der Waals surface area contributed by atoms with Crippen molar-refractivity contribution in [3.63, 3.8) is 0 Å². The molecule has 5 aromatic carbocycles. The first-order valence-corrected chi connectivity index (χ1v) is 15.2. The molecule has 0 N–H and O–H groups in total. The Kier molecular flexibility index (Phi) is 10.3. The van der Waals surface area contributed by atoms with E-state index >= 15 is 22.0 Å². The molecule has 5 rings (SSSR count). The summed E-state index contributed by atoms with van der Waals surface area (Å²) in [5.41, 5.74) is -0.171. The molecule has 0 amide bonds. The lowest BCUT2D eigenvalue weighted by Crippen LogP contribution is -2.25. The molecule has 1 nitrogen and oxygen atoms in total. The van der Waals surface area contributed by atoms with E-state index in [4.69, 9.17) is 0 Å². The zero-order valence-electron chi connectivity index (χ0n) is 25.3. The normalized spacial score (nSPS) is 11.6. The molecule has 5 aromatic rings. The number of benzene rings is 5. The van der Waals surface area contributed by atoms with E-state index in [2.05, 4.69) is 11.7 Å². The zero-order chi connectivity index (χ0) is 33.7. The van der Waals surface area contributed by atoms with Crippen LogP contribution in [-0.2, 0) is 12.5 Å². The maximum atomic E-state index is 15.2. The summed E-state index contributed by atoms with van der Waals surface area (Å²) in [7, 11) is 0. The maximum Gasteiger partial charge on any atom is 0.432 e. The molecular formula is C38H30F8O. The van der Waals surface area contributed by atoms with Gasteiger partial charge in [-0.1, -0.05) is 75.1 Å². The first-order valence-electron chi connectivity index (χ1n) is 15.2. The lowest BCUT2D eigenvalue weighted by molar-refractivity contribution is -0.189. The van der Waals surface area contributed by atoms with Gasteiger partial charge in [0.1, 0.15) is 34.6 Å². The van der Waals surface area contributed by atoms with Crippen molar-refractivity contribution in [3.8, 4) is 39.1 Å². The Labute approximate surface area is 267 Å². The first kappa shape index (κ1) is 33.7. The van der Waals surface area contributed by atoms with E-state index in [9.17, 15) is 13.2 Å². The molecule has 0 atom stereocenters. The largest absolute Gasteiger partial charge is 0.432 e. The van der Waals surface area contributed by atoms with E-state index < -0.39 is 52.3 Å². The third-order valence-electron chi connectivity index (χ3n) is 7.89. The highest BCUT2D eigenvalue weighted by Crippen LogP contribution is 2.39. The number of halogens is 8. The third-order valence-corrected chi connectivity index (χ3v) is 7.89. The van der Waals surface area contributed by atoms with E-state index in [1.807, 2.05) is 24.3 Å². The molecule has 0 saturated carbocycles. The number of alkyl halides is 2. The number of aryl methyl sites for hydroxylation is 1. The van der Waals surface area contributed by atoms with Gasteiger partial charge >= 0.3 is 6.11 Å². The second-order valence-corrected chi connectivity index (χ2v) is 11.3. The number of rotatable bonds is 12. The summed E-state index contributed by atoms with van der Waals surface area (Å²) in [6.45, 7) is 2.16. The summed E-state index contributed by atoms with van der Waals surface area (Å²) in [5, 5.41) is 0. The quantitative estimate of drug-likeness (QED) is 0.0961. The van der Waals surface area contributed by atoms with Crippen molar-refractivity contribution in [1.29, 1.82) is 0 Å². The van der Waals surface area contributed by atoms with Crippen LogP contribution in [0.3, 0.4) is 0 Å². The van der Waals surface area contributed by atoms with Crippen LogP contribution in [0.5, 0.6) is 5.75 Å². The fourth-order valence-corrected chi connectivity index (χ4v) is 5.39. The van der Waals surface area contributed by atoms with Crippen LogP contribution in [0.15, 0.2) is 91.0 Å². The molecule has 9 heteroatoms. The van der Waals surface area contributed by atoms with Crippen molar-refractivity contribution in [2.75, 3.05) is 0 Å². The Balaban J connectivity index is 1.32. The third kappa shape index (κ3) is 7.84. The standard InChI is InChI=1S/C38H30F8O/c1-2-3-4-5-6-7-23-8-10-24(11-9-23)25-12-15-30(32(40)18-25)27-20-35(43)37(36(44)21-27)38(45,46)47-28-14-16-29(33(41)22-28)26-13-17-31(39)34(42)19-26/h8-22H,2-7H2,1H3. The molecule has 47 heavy (non-hydrogen) atoms. The average molecular weight is 655 g/mol. The fourth-order valence-electron chi connectivity index (χ4n) is 5.39. The Hall–Kier alpha value is -4.66. The van der Waals surface area contributed by atoms with Gasteiger partial charge in [0, 0.05) is 17.2 Å². The van der Waals surface area contributed by atoms with Crippen molar-refractivity contribution in [2.24, 2.45) is 0 Å². The lowest BCUT2D eigenvalue weighted by atomic mass is 9.97. The number of unbranched alkanes of at least 4 members (excludes halogenated alkanes) is 4. The molecule has 0 heterocycles. The van der Waals surface area contributed by atoms with Gasteiger partial charge in [0.25, 0.3) is 0 Å². The molecule has 0 bridgehead atoms. The number of hydrogen-bond donors (Lipinski definition) is 0. The zero-order valence-corrected chi connectivity index (χ0v) is 25.3. The predicted octanol–water partition coefficient (Wildman–Crippen LogP) is 12.2. The maximum absolute atomic E-state index is 15.2. The molecule has 0 aromatic heterocycles. The second-order valence-electron chi connectivity index (χ2n) is 11.3. The van der Waals surface area contributed by atoms with Crippen LogP contribution < -0.4 is 4.74 Å². The van der Waals surface area contributed by atoms with Gasteiger partial charge in [0.2, 0.25) is 0 Å².